The number of rotatable bonds is 10. The normalized spacial score (nSPS) is 28.9. The molecule has 336 valence electrons. The Balaban J connectivity index is 0.738. The molecule has 4 aromatic rings. The zero-order chi connectivity index (χ0) is 45.0. The molecule has 2 aromatic heterocycles. The van der Waals surface area contributed by atoms with Crippen LogP contribution in [-0.2, 0) is 21.4 Å². The highest BCUT2D eigenvalue weighted by molar-refractivity contribution is 6.25. The van der Waals surface area contributed by atoms with Gasteiger partial charge in [-0.2, -0.15) is 18.3 Å². The van der Waals surface area contributed by atoms with Crippen LogP contribution in [0.15, 0.2) is 54.7 Å². The van der Waals surface area contributed by atoms with Crippen LogP contribution >= 0.6 is 0 Å². The summed E-state index contributed by atoms with van der Waals surface area (Å²) in [7, 11) is 2.25. The Morgan fingerprint density at radius 3 is 2.48 bits per heavy atom. The fourth-order valence-electron chi connectivity index (χ4n) is 12.0. The second-order valence-corrected chi connectivity index (χ2v) is 19.5. The van der Waals surface area contributed by atoms with Gasteiger partial charge in [0.1, 0.15) is 17.4 Å². The number of fused-ring (bicyclic) bond motifs is 3. The summed E-state index contributed by atoms with van der Waals surface area (Å²) in [5.41, 5.74) is -0.0910. The first kappa shape index (κ1) is 42.3. The molecule has 64 heavy (non-hydrogen) atoms. The Morgan fingerprint density at radius 1 is 0.984 bits per heavy atom. The van der Waals surface area contributed by atoms with Gasteiger partial charge in [0.2, 0.25) is 11.8 Å². The lowest BCUT2D eigenvalue weighted by molar-refractivity contribution is -0.141. The van der Waals surface area contributed by atoms with Crippen LogP contribution in [0.5, 0.6) is 0 Å². The van der Waals surface area contributed by atoms with E-state index in [1.54, 1.807) is 38.1 Å². The van der Waals surface area contributed by atoms with Gasteiger partial charge in [-0.25, -0.2) is 4.98 Å². The molecule has 0 radical (unpaired) electrons. The summed E-state index contributed by atoms with van der Waals surface area (Å²) in [5.74, 6) is -1.18. The highest BCUT2D eigenvalue weighted by atomic mass is 19.4. The van der Waals surface area contributed by atoms with E-state index in [0.717, 1.165) is 73.9 Å². The van der Waals surface area contributed by atoms with Gasteiger partial charge in [0.05, 0.1) is 28.3 Å². The van der Waals surface area contributed by atoms with Crippen molar-refractivity contribution in [2.75, 3.05) is 24.2 Å². The zero-order valence-electron chi connectivity index (χ0n) is 35.9. The number of halogens is 3. The number of piperidine rings is 1. The summed E-state index contributed by atoms with van der Waals surface area (Å²) in [5, 5.41) is 25.2. The number of imide groups is 2. The van der Waals surface area contributed by atoms with Crippen molar-refractivity contribution in [3.8, 4) is 0 Å². The second kappa shape index (κ2) is 15.2. The van der Waals surface area contributed by atoms with E-state index in [1.165, 1.54) is 12.5 Å². The zero-order valence-corrected chi connectivity index (χ0v) is 35.9. The number of aliphatic hydroxyl groups is 1. The van der Waals surface area contributed by atoms with Gasteiger partial charge >= 0.3 is 6.18 Å². The van der Waals surface area contributed by atoms with E-state index in [0.29, 0.717) is 51.5 Å². The van der Waals surface area contributed by atoms with Gasteiger partial charge in [-0.05, 0) is 138 Å². The number of carbonyl (C=O) groups is 5. The Kier molecular flexibility index (Phi) is 10.1. The number of aromatic nitrogens is 3. The minimum Gasteiger partial charge on any atom is -0.386 e. The number of hydrogen-bond donors (Lipinski definition) is 4. The number of nitrogens with one attached hydrogen (secondary N) is 3. The summed E-state index contributed by atoms with van der Waals surface area (Å²) in [6, 6.07) is 11.7. The molecule has 3 unspecified atom stereocenters. The lowest BCUT2D eigenvalue weighted by Gasteiger charge is -2.40. The van der Waals surface area contributed by atoms with Gasteiger partial charge in [-0.1, -0.05) is 12.1 Å². The van der Waals surface area contributed by atoms with Crippen LogP contribution in [0.2, 0.25) is 0 Å². The van der Waals surface area contributed by atoms with E-state index in [-0.39, 0.29) is 36.2 Å². The number of carbonyl (C=O) groups excluding carboxylic acids is 5. The highest BCUT2D eigenvalue weighted by Crippen LogP contribution is 2.78. The van der Waals surface area contributed by atoms with E-state index in [2.05, 4.69) is 32.9 Å². The van der Waals surface area contributed by atoms with Gasteiger partial charge in [0.15, 0.2) is 0 Å². The fraction of sp³-hybridized carbons (Fsp3) is 0.511. The minimum absolute atomic E-state index is 0.0742. The first-order valence-electron chi connectivity index (χ1n) is 22.3. The summed E-state index contributed by atoms with van der Waals surface area (Å²) >= 11 is 0. The summed E-state index contributed by atoms with van der Waals surface area (Å²) in [6.07, 6.45) is 5.89. The van der Waals surface area contributed by atoms with E-state index >= 15 is 0 Å². The lowest BCUT2D eigenvalue weighted by Crippen LogP contribution is -2.54. The number of amides is 5. The molecular formula is C47H51F3N8O6. The fourth-order valence-corrected chi connectivity index (χ4v) is 12.0. The molecule has 1 saturated heterocycles. The van der Waals surface area contributed by atoms with E-state index in [1.807, 2.05) is 16.9 Å². The molecule has 1 spiro atoms. The van der Waals surface area contributed by atoms with Crippen molar-refractivity contribution < 1.29 is 42.3 Å². The number of pyridine rings is 1. The van der Waals surface area contributed by atoms with Crippen molar-refractivity contribution in [1.82, 2.24) is 29.9 Å². The van der Waals surface area contributed by atoms with Crippen LogP contribution in [0.3, 0.4) is 0 Å². The predicted octanol–water partition coefficient (Wildman–Crippen LogP) is 6.66. The third-order valence-corrected chi connectivity index (χ3v) is 15.2. The van der Waals surface area contributed by atoms with Crippen LogP contribution in [0.1, 0.15) is 127 Å². The van der Waals surface area contributed by atoms with Gasteiger partial charge in [0.25, 0.3) is 17.7 Å². The van der Waals surface area contributed by atoms with Crippen molar-refractivity contribution in [3.63, 3.8) is 0 Å². The number of nitrogens with zero attached hydrogens (tertiary/aromatic N) is 5. The summed E-state index contributed by atoms with van der Waals surface area (Å²) < 4.78 is 41.9. The average Bonchev–Trinajstić information content (AvgIpc) is 3.41. The lowest BCUT2D eigenvalue weighted by atomic mass is 9.74. The molecule has 4 saturated carbocycles. The Labute approximate surface area is 367 Å². The van der Waals surface area contributed by atoms with Gasteiger partial charge in [-0.15, -0.1) is 0 Å². The molecule has 10 rings (SSSR count). The van der Waals surface area contributed by atoms with Crippen LogP contribution < -0.4 is 16.0 Å². The van der Waals surface area contributed by atoms with Crippen LogP contribution in [0, 0.1) is 23.2 Å². The molecular weight excluding hydrogens is 830 g/mol. The molecule has 17 heteroatoms. The van der Waals surface area contributed by atoms with Crippen molar-refractivity contribution >= 4 is 51.8 Å². The smallest absolute Gasteiger partial charge is 0.386 e. The van der Waals surface area contributed by atoms with E-state index in [9.17, 15) is 42.3 Å². The van der Waals surface area contributed by atoms with Crippen molar-refractivity contribution in [1.29, 1.82) is 0 Å². The Morgan fingerprint density at radius 2 is 1.75 bits per heavy atom. The molecule has 14 nitrogen and oxygen atoms in total. The minimum atomic E-state index is -4.70. The van der Waals surface area contributed by atoms with Gasteiger partial charge < -0.3 is 20.6 Å². The monoisotopic (exact) mass is 880 g/mol. The molecule has 2 aliphatic heterocycles. The molecule has 5 amide bonds. The first-order chi connectivity index (χ1) is 30.4. The Bertz CT molecular complexity index is 2620. The van der Waals surface area contributed by atoms with Crippen LogP contribution in [-0.4, -0.2) is 90.9 Å². The predicted molar refractivity (Wildman–Crippen MR) is 228 cm³/mol. The van der Waals surface area contributed by atoms with E-state index in [4.69, 9.17) is 5.10 Å². The van der Waals surface area contributed by atoms with E-state index < -0.39 is 58.7 Å². The van der Waals surface area contributed by atoms with Crippen molar-refractivity contribution in [2.24, 2.45) is 23.2 Å². The molecule has 5 fully saturated rings. The third kappa shape index (κ3) is 7.24. The topological polar surface area (TPSA) is 179 Å². The molecule has 6 aliphatic rings. The maximum absolute atomic E-state index is 13.7. The first-order valence-corrected chi connectivity index (χ1v) is 22.3. The maximum Gasteiger partial charge on any atom is 0.433 e. The molecule has 2 aromatic carbocycles. The Hall–Kier alpha value is -5.68. The van der Waals surface area contributed by atoms with Crippen molar-refractivity contribution in [3.05, 3.63) is 82.8 Å². The SMILES string of the molecule is CN(CC1CCC(n2cc3cc(NC(=O)c4cccc(C(F)(F)F)n4)c(C(C)(C)O)cc3n2)CC1)[C@@H]1CC[C@]23C[C@H](Nc4cccc5c4C(=O)N(C4CCC(=O)NC4=O)C5=O)C2C3C1. The standard InChI is InChI=1S/C47H51F3N8O6/c1-45(2,64)29-20-33-25(18-34(29)53-41(60)32-8-5-9-37(52-32)47(48,49)50)23-57(55-33)26-12-10-24(11-13-26)22-56(3)27-16-17-46-21-35(40(46)30(46)19-27)51-31-7-4-6-28-39(31)44(63)58(43(28)62)36-14-15-38(59)54-42(36)61/h4-9,18,20,23-24,26-27,30,35-36,40,51,64H,10-17,19,21-22H2,1-3H3,(H,53,60)(H,54,59,61)/t24?,26?,27-,30?,35+,36?,40?,46-/m1/s1. The molecule has 6 atom stereocenters. The number of benzene rings is 2. The van der Waals surface area contributed by atoms with Crippen molar-refractivity contribution in [2.45, 2.75) is 114 Å². The maximum atomic E-state index is 13.7. The van der Waals surface area contributed by atoms with Crippen LogP contribution in [0.25, 0.3) is 10.9 Å². The summed E-state index contributed by atoms with van der Waals surface area (Å²) in [6.45, 7) is 4.16. The molecule has 4 N–H and O–H groups in total. The van der Waals surface area contributed by atoms with Gasteiger partial charge in [0, 0.05) is 53.6 Å². The largest absolute Gasteiger partial charge is 0.433 e. The highest BCUT2D eigenvalue weighted by Gasteiger charge is 2.75. The molecule has 4 heterocycles. The number of hydrogen-bond acceptors (Lipinski definition) is 10. The molecule has 4 aliphatic carbocycles. The second-order valence-electron chi connectivity index (χ2n) is 19.5. The number of anilines is 2. The van der Waals surface area contributed by atoms with Gasteiger partial charge in [-0.3, -0.25) is 38.9 Å². The van der Waals surface area contributed by atoms with Crippen LogP contribution in [0.4, 0.5) is 24.5 Å². The third-order valence-electron chi connectivity index (χ3n) is 15.2. The summed E-state index contributed by atoms with van der Waals surface area (Å²) in [4.78, 5) is 71.6. The average molecular weight is 881 g/mol. The molecule has 0 bridgehead atoms. The quantitative estimate of drug-likeness (QED) is 0.126. The number of alkyl halides is 3.